The van der Waals surface area contributed by atoms with E-state index in [-0.39, 0.29) is 30.5 Å². The molecule has 0 unspecified atom stereocenters. The van der Waals surface area contributed by atoms with Crippen LogP contribution in [0.25, 0.3) is 0 Å². The molecule has 214 valence electrons. The van der Waals surface area contributed by atoms with Gasteiger partial charge in [0.25, 0.3) is 11.8 Å². The van der Waals surface area contributed by atoms with Crippen molar-refractivity contribution in [2.75, 3.05) is 18.2 Å². The molecule has 1 aliphatic rings. The molecule has 0 bridgehead atoms. The fraction of sp³-hybridized carbons (Fsp3) is 0.556. The fourth-order valence-corrected chi connectivity index (χ4v) is 4.16. The zero-order chi connectivity index (χ0) is 28.5. The van der Waals surface area contributed by atoms with E-state index in [4.69, 9.17) is 9.57 Å². The monoisotopic (exact) mass is 545 g/mol. The molecule has 1 aromatic carbocycles. The highest BCUT2D eigenvalue weighted by atomic mass is 16.8. The summed E-state index contributed by atoms with van der Waals surface area (Å²) >= 11 is 0. The SMILES string of the molecule is CC(C)CCC(=O)N([C@H](CNC(=O)c1ccccc1)C(=O)NO[C@@H]1CCCCO1)n1c(O)c(C(C)C)[nH]c1=O. The number of imidazole rings is 1. The van der Waals surface area contributed by atoms with E-state index >= 15 is 0 Å². The second-order valence-corrected chi connectivity index (χ2v) is 10.3. The highest BCUT2D eigenvalue weighted by Crippen LogP contribution is 2.23. The lowest BCUT2D eigenvalue weighted by atomic mass is 10.1. The smallest absolute Gasteiger partial charge is 0.348 e. The molecular weight excluding hydrogens is 506 g/mol. The average Bonchev–Trinajstić information content (AvgIpc) is 3.22. The highest BCUT2D eigenvalue weighted by Gasteiger charge is 2.36. The number of aromatic nitrogens is 2. The zero-order valence-electron chi connectivity index (χ0n) is 22.9. The number of H-pyrrole nitrogens is 1. The molecule has 12 heteroatoms. The van der Waals surface area contributed by atoms with Crippen molar-refractivity contribution in [3.63, 3.8) is 0 Å². The Morgan fingerprint density at radius 1 is 1.18 bits per heavy atom. The predicted molar refractivity (Wildman–Crippen MR) is 143 cm³/mol. The first-order chi connectivity index (χ1) is 18.6. The number of hydrogen-bond donors (Lipinski definition) is 4. The molecule has 2 atom stereocenters. The van der Waals surface area contributed by atoms with Crippen LogP contribution in [0.3, 0.4) is 0 Å². The second kappa shape index (κ2) is 13.9. The van der Waals surface area contributed by atoms with E-state index in [1.807, 2.05) is 13.8 Å². The number of nitrogens with zero attached hydrogens (tertiary/aromatic N) is 2. The molecule has 4 N–H and O–H groups in total. The van der Waals surface area contributed by atoms with Crippen LogP contribution in [0.5, 0.6) is 5.88 Å². The van der Waals surface area contributed by atoms with Gasteiger partial charge in [0.15, 0.2) is 12.3 Å². The molecule has 1 aromatic heterocycles. The van der Waals surface area contributed by atoms with Crippen molar-refractivity contribution in [2.24, 2.45) is 5.92 Å². The van der Waals surface area contributed by atoms with E-state index < -0.39 is 41.6 Å². The Hall–Kier alpha value is -3.64. The molecule has 0 saturated carbocycles. The number of carbonyl (C=O) groups is 3. The third kappa shape index (κ3) is 7.93. The summed E-state index contributed by atoms with van der Waals surface area (Å²) in [6, 6.07) is 6.93. The first-order valence-corrected chi connectivity index (χ1v) is 13.4. The first-order valence-electron chi connectivity index (χ1n) is 13.4. The lowest BCUT2D eigenvalue weighted by Crippen LogP contribution is -2.61. The maximum atomic E-state index is 13.6. The lowest BCUT2D eigenvalue weighted by Gasteiger charge is -2.32. The first kappa shape index (κ1) is 29.9. The summed E-state index contributed by atoms with van der Waals surface area (Å²) in [7, 11) is 0. The molecule has 0 aliphatic carbocycles. The summed E-state index contributed by atoms with van der Waals surface area (Å²) in [4.78, 5) is 61.0. The number of ether oxygens (including phenoxy) is 1. The third-order valence-electron chi connectivity index (χ3n) is 6.38. The number of amides is 3. The number of nitrogens with one attached hydrogen (secondary N) is 3. The molecule has 2 aromatic rings. The summed E-state index contributed by atoms with van der Waals surface area (Å²) in [6.45, 7) is 7.54. The molecule has 0 spiro atoms. The summed E-state index contributed by atoms with van der Waals surface area (Å²) < 4.78 is 6.26. The van der Waals surface area contributed by atoms with Crippen LogP contribution < -0.4 is 21.5 Å². The van der Waals surface area contributed by atoms with Crippen molar-refractivity contribution < 1.29 is 29.1 Å². The van der Waals surface area contributed by atoms with Crippen LogP contribution in [0.4, 0.5) is 0 Å². The molecule has 2 heterocycles. The van der Waals surface area contributed by atoms with Gasteiger partial charge in [-0.2, -0.15) is 4.68 Å². The molecule has 1 aliphatic heterocycles. The van der Waals surface area contributed by atoms with Crippen molar-refractivity contribution in [2.45, 2.75) is 78.0 Å². The number of benzene rings is 1. The Morgan fingerprint density at radius 3 is 2.49 bits per heavy atom. The van der Waals surface area contributed by atoms with Gasteiger partial charge < -0.3 is 20.1 Å². The molecule has 1 saturated heterocycles. The van der Waals surface area contributed by atoms with Gasteiger partial charge >= 0.3 is 5.69 Å². The van der Waals surface area contributed by atoms with E-state index in [0.717, 1.165) is 22.5 Å². The molecule has 3 amide bonds. The van der Waals surface area contributed by atoms with Gasteiger partial charge in [-0.05, 0) is 43.2 Å². The van der Waals surface area contributed by atoms with Crippen molar-refractivity contribution >= 4 is 17.7 Å². The maximum Gasteiger partial charge on any atom is 0.348 e. The van der Waals surface area contributed by atoms with Gasteiger partial charge in [-0.25, -0.2) is 20.1 Å². The Bertz CT molecular complexity index is 1170. The topological polar surface area (TPSA) is 155 Å². The summed E-state index contributed by atoms with van der Waals surface area (Å²) in [5, 5.41) is 14.5. The van der Waals surface area contributed by atoms with Gasteiger partial charge in [-0.1, -0.05) is 45.9 Å². The second-order valence-electron chi connectivity index (χ2n) is 10.3. The Labute approximate surface area is 227 Å². The van der Waals surface area contributed by atoms with E-state index in [2.05, 4.69) is 15.8 Å². The van der Waals surface area contributed by atoms with Crippen LogP contribution >= 0.6 is 0 Å². The fourth-order valence-electron chi connectivity index (χ4n) is 4.16. The lowest BCUT2D eigenvalue weighted by molar-refractivity contribution is -0.201. The Morgan fingerprint density at radius 2 is 1.90 bits per heavy atom. The molecule has 39 heavy (non-hydrogen) atoms. The third-order valence-corrected chi connectivity index (χ3v) is 6.38. The van der Waals surface area contributed by atoms with Crippen molar-refractivity contribution in [3.8, 4) is 5.88 Å². The molecule has 1 fully saturated rings. The van der Waals surface area contributed by atoms with Crippen LogP contribution in [0, 0.1) is 5.92 Å². The number of aromatic hydroxyl groups is 1. The summed E-state index contributed by atoms with van der Waals surface area (Å²) in [5.74, 6) is -2.46. The minimum Gasteiger partial charge on any atom is -0.492 e. The van der Waals surface area contributed by atoms with E-state index in [0.29, 0.717) is 25.0 Å². The standard InChI is InChI=1S/C27H39N5O7/c1-17(2)13-14-21(33)31(32-26(36)23(18(3)4)29-27(32)37)20(16-28-24(34)19-10-6-5-7-11-19)25(35)30-39-22-12-8-9-15-38-22/h5-7,10-11,17-18,20,22,36H,8-9,12-16H2,1-4H3,(H,28,34)(H,29,37)(H,30,35)/t20-,22-/m1/s1. The largest absolute Gasteiger partial charge is 0.492 e. The molecule has 0 radical (unpaired) electrons. The zero-order valence-corrected chi connectivity index (χ0v) is 22.9. The molecular formula is C27H39N5O7. The number of rotatable bonds is 12. The number of carbonyl (C=O) groups excluding carboxylic acids is 3. The van der Waals surface area contributed by atoms with E-state index in [1.165, 1.54) is 0 Å². The van der Waals surface area contributed by atoms with Gasteiger partial charge in [0.1, 0.15) is 0 Å². The van der Waals surface area contributed by atoms with Crippen LogP contribution in [-0.2, 0) is 19.2 Å². The maximum absolute atomic E-state index is 13.6. The summed E-state index contributed by atoms with van der Waals surface area (Å²) in [6.07, 6.45) is 2.12. The summed E-state index contributed by atoms with van der Waals surface area (Å²) in [5.41, 5.74) is 2.11. The highest BCUT2D eigenvalue weighted by molar-refractivity contribution is 5.97. The van der Waals surface area contributed by atoms with Gasteiger partial charge in [-0.3, -0.25) is 14.4 Å². The Kier molecular flexibility index (Phi) is 10.7. The van der Waals surface area contributed by atoms with Crippen LogP contribution in [0.15, 0.2) is 35.1 Å². The van der Waals surface area contributed by atoms with Crippen molar-refractivity contribution in [3.05, 3.63) is 52.1 Å². The van der Waals surface area contributed by atoms with Gasteiger partial charge in [-0.15, -0.1) is 0 Å². The predicted octanol–water partition coefficient (Wildman–Crippen LogP) is 2.28. The van der Waals surface area contributed by atoms with Gasteiger partial charge in [0.2, 0.25) is 11.8 Å². The van der Waals surface area contributed by atoms with E-state index in [9.17, 15) is 24.3 Å². The number of aromatic amines is 1. The van der Waals surface area contributed by atoms with Gasteiger partial charge in [0.05, 0.1) is 5.69 Å². The van der Waals surface area contributed by atoms with Crippen molar-refractivity contribution in [1.82, 2.24) is 20.5 Å². The van der Waals surface area contributed by atoms with Crippen LogP contribution in [-0.4, -0.2) is 58.0 Å². The average molecular weight is 546 g/mol. The molecule has 3 rings (SSSR count). The number of hydrogen-bond acceptors (Lipinski definition) is 7. The number of hydroxylamine groups is 1. The van der Waals surface area contributed by atoms with Gasteiger partial charge in [0, 0.05) is 31.6 Å². The van der Waals surface area contributed by atoms with Crippen molar-refractivity contribution in [1.29, 1.82) is 0 Å². The molecule has 12 nitrogen and oxygen atoms in total. The Balaban J connectivity index is 1.97. The van der Waals surface area contributed by atoms with Crippen LogP contribution in [0.1, 0.15) is 81.8 Å². The normalized spacial score (nSPS) is 16.2. The minimum absolute atomic E-state index is 0.00521. The van der Waals surface area contributed by atoms with E-state index in [1.54, 1.807) is 44.2 Å². The minimum atomic E-state index is -1.44. The quantitative estimate of drug-likeness (QED) is 0.298. The van der Waals surface area contributed by atoms with Crippen LogP contribution in [0.2, 0.25) is 0 Å².